The van der Waals surface area contributed by atoms with Gasteiger partial charge in [-0.1, -0.05) is 42.5 Å². The van der Waals surface area contributed by atoms with Crippen molar-refractivity contribution in [3.63, 3.8) is 0 Å². The number of allylic oxidation sites excluding steroid dienone is 2. The minimum Gasteiger partial charge on any atom is -0.223 e. The van der Waals surface area contributed by atoms with E-state index in [-0.39, 0.29) is 11.8 Å². The molecule has 1 aromatic rings. The molecule has 2 nitrogen and oxygen atoms in total. The van der Waals surface area contributed by atoms with E-state index in [1.165, 1.54) is 0 Å². The van der Waals surface area contributed by atoms with Crippen molar-refractivity contribution in [1.29, 1.82) is 0 Å². The summed E-state index contributed by atoms with van der Waals surface area (Å²) in [5, 5.41) is -0.417. The maximum Gasteiger partial charge on any atom is 0.185 e. The van der Waals surface area contributed by atoms with Gasteiger partial charge >= 0.3 is 0 Å². The van der Waals surface area contributed by atoms with Crippen LogP contribution in [0.1, 0.15) is 6.42 Å². The van der Waals surface area contributed by atoms with E-state index in [1.54, 1.807) is 24.3 Å². The third-order valence-corrected chi connectivity index (χ3v) is 6.00. The predicted molar refractivity (Wildman–Crippen MR) is 67.3 cm³/mol. The van der Waals surface area contributed by atoms with E-state index in [2.05, 4.69) is 12.7 Å². The molecular formula is C14H14O2S. The van der Waals surface area contributed by atoms with Crippen molar-refractivity contribution in [1.82, 2.24) is 0 Å². The summed E-state index contributed by atoms with van der Waals surface area (Å²) in [6.45, 7) is 3.98. The smallest absolute Gasteiger partial charge is 0.185 e. The molecule has 1 saturated carbocycles. The summed E-state index contributed by atoms with van der Waals surface area (Å²) in [5.74, 6) is 0.390. The van der Waals surface area contributed by atoms with Gasteiger partial charge in [0.05, 0.1) is 10.1 Å². The van der Waals surface area contributed by atoms with E-state index in [1.807, 2.05) is 12.1 Å². The molecule has 1 fully saturated rings. The van der Waals surface area contributed by atoms with Crippen LogP contribution in [0.4, 0.5) is 0 Å². The minimum atomic E-state index is -3.27. The molecule has 0 heterocycles. The molecule has 3 atom stereocenters. The Kier molecular flexibility index (Phi) is 2.26. The fraction of sp³-hybridized carbons (Fsp3) is 0.286. The Balaban J connectivity index is 2.06. The van der Waals surface area contributed by atoms with Crippen LogP contribution in [0.25, 0.3) is 0 Å². The third-order valence-electron chi connectivity index (χ3n) is 3.75. The van der Waals surface area contributed by atoms with Crippen molar-refractivity contribution in [2.45, 2.75) is 16.6 Å². The van der Waals surface area contributed by atoms with Gasteiger partial charge in [-0.3, -0.25) is 0 Å². The molecule has 2 aliphatic rings. The highest BCUT2D eigenvalue weighted by Gasteiger charge is 2.46. The molecule has 88 valence electrons. The first-order chi connectivity index (χ1) is 8.10. The van der Waals surface area contributed by atoms with E-state index in [4.69, 9.17) is 0 Å². The molecule has 1 aromatic carbocycles. The maximum atomic E-state index is 12.5. The Morgan fingerprint density at radius 1 is 1.12 bits per heavy atom. The molecule has 0 saturated heterocycles. The van der Waals surface area contributed by atoms with E-state index in [0.717, 1.165) is 12.0 Å². The highest BCUT2D eigenvalue weighted by molar-refractivity contribution is 7.92. The number of hydrogen-bond acceptors (Lipinski definition) is 2. The van der Waals surface area contributed by atoms with Gasteiger partial charge < -0.3 is 0 Å². The summed E-state index contributed by atoms with van der Waals surface area (Å²) in [5.41, 5.74) is 0.862. The van der Waals surface area contributed by atoms with Gasteiger partial charge in [0.15, 0.2) is 9.84 Å². The van der Waals surface area contributed by atoms with Crippen LogP contribution in [-0.2, 0) is 9.84 Å². The van der Waals surface area contributed by atoms with Crippen molar-refractivity contribution in [2.75, 3.05) is 0 Å². The Morgan fingerprint density at radius 3 is 2.41 bits per heavy atom. The quantitative estimate of drug-likeness (QED) is 0.752. The number of hydrogen-bond donors (Lipinski definition) is 0. The molecule has 3 rings (SSSR count). The van der Waals surface area contributed by atoms with Gasteiger partial charge in [-0.2, -0.15) is 0 Å². The SMILES string of the molecule is C=C1[C@@H]2C=C[C@@H](C2)[C@@H]1S(=O)(=O)c1ccccc1. The zero-order chi connectivity index (χ0) is 12.0. The lowest BCUT2D eigenvalue weighted by Crippen LogP contribution is -2.27. The zero-order valence-corrected chi connectivity index (χ0v) is 10.2. The Bertz CT molecular complexity index is 584. The highest BCUT2D eigenvalue weighted by atomic mass is 32.2. The van der Waals surface area contributed by atoms with E-state index in [0.29, 0.717) is 4.90 Å². The van der Waals surface area contributed by atoms with Gasteiger partial charge in [-0.05, 0) is 30.4 Å². The summed E-state index contributed by atoms with van der Waals surface area (Å²) in [6, 6.07) is 8.68. The first-order valence-electron chi connectivity index (χ1n) is 5.76. The molecule has 0 N–H and O–H groups in total. The van der Waals surface area contributed by atoms with Crippen LogP contribution in [0.5, 0.6) is 0 Å². The first-order valence-corrected chi connectivity index (χ1v) is 7.31. The molecule has 2 aliphatic carbocycles. The van der Waals surface area contributed by atoms with Crippen LogP contribution in [0.2, 0.25) is 0 Å². The third kappa shape index (κ3) is 1.49. The van der Waals surface area contributed by atoms with Gasteiger partial charge in [0.2, 0.25) is 0 Å². The van der Waals surface area contributed by atoms with Crippen molar-refractivity contribution >= 4 is 9.84 Å². The van der Waals surface area contributed by atoms with E-state index in [9.17, 15) is 8.42 Å². The average molecular weight is 246 g/mol. The number of benzene rings is 1. The summed E-state index contributed by atoms with van der Waals surface area (Å²) in [6.07, 6.45) is 5.03. The number of rotatable bonds is 2. The van der Waals surface area contributed by atoms with Crippen LogP contribution in [-0.4, -0.2) is 13.7 Å². The molecule has 0 aromatic heterocycles. The van der Waals surface area contributed by atoms with Crippen LogP contribution in [0.3, 0.4) is 0 Å². The molecule has 0 amide bonds. The van der Waals surface area contributed by atoms with Crippen molar-refractivity contribution in [3.05, 3.63) is 54.6 Å². The second-order valence-corrected chi connectivity index (χ2v) is 6.81. The number of sulfone groups is 1. The first kappa shape index (κ1) is 10.8. The average Bonchev–Trinajstić information content (AvgIpc) is 2.90. The van der Waals surface area contributed by atoms with Gasteiger partial charge in [0, 0.05) is 0 Å². The Morgan fingerprint density at radius 2 is 1.82 bits per heavy atom. The van der Waals surface area contributed by atoms with E-state index >= 15 is 0 Å². The molecule has 3 heteroatoms. The maximum absolute atomic E-state index is 12.5. The van der Waals surface area contributed by atoms with Crippen molar-refractivity contribution in [3.8, 4) is 0 Å². The van der Waals surface area contributed by atoms with Crippen molar-refractivity contribution in [2.24, 2.45) is 11.8 Å². The fourth-order valence-corrected chi connectivity index (χ4v) is 4.96. The summed E-state index contributed by atoms with van der Waals surface area (Å²) < 4.78 is 25.1. The van der Waals surface area contributed by atoms with Gasteiger partial charge in [-0.15, -0.1) is 0 Å². The molecule has 17 heavy (non-hydrogen) atoms. The lowest BCUT2D eigenvalue weighted by Gasteiger charge is -2.20. The van der Waals surface area contributed by atoms with Crippen LogP contribution in [0, 0.1) is 11.8 Å². The van der Waals surface area contributed by atoms with E-state index < -0.39 is 15.1 Å². The predicted octanol–water partition coefficient (Wildman–Crippen LogP) is 2.59. The summed E-state index contributed by atoms with van der Waals surface area (Å²) >= 11 is 0. The number of fused-ring (bicyclic) bond motifs is 2. The van der Waals surface area contributed by atoms with Gasteiger partial charge in [-0.25, -0.2) is 8.42 Å². The Labute approximate surface area is 102 Å². The highest BCUT2D eigenvalue weighted by Crippen LogP contribution is 2.47. The van der Waals surface area contributed by atoms with Crippen LogP contribution < -0.4 is 0 Å². The Hall–Kier alpha value is -1.35. The topological polar surface area (TPSA) is 34.1 Å². The second-order valence-electron chi connectivity index (χ2n) is 4.74. The van der Waals surface area contributed by atoms with Gasteiger partial charge in [0.1, 0.15) is 0 Å². The van der Waals surface area contributed by atoms with Crippen LogP contribution >= 0.6 is 0 Å². The second kappa shape index (κ2) is 3.57. The molecule has 2 bridgehead atoms. The molecule has 0 spiro atoms. The normalized spacial score (nSPS) is 31.1. The lowest BCUT2D eigenvalue weighted by atomic mass is 10.0. The van der Waals surface area contributed by atoms with Crippen LogP contribution in [0.15, 0.2) is 59.5 Å². The van der Waals surface area contributed by atoms with Crippen molar-refractivity contribution < 1.29 is 8.42 Å². The summed E-state index contributed by atoms with van der Waals surface area (Å²) in [4.78, 5) is 0.409. The standard InChI is InChI=1S/C14H14O2S/c1-10-11-7-8-12(9-11)14(10)17(15,16)13-5-3-2-4-6-13/h2-8,11-12,14H,1,9H2/t11-,12+,14-/m1/s1. The fourth-order valence-electron chi connectivity index (χ4n) is 2.90. The minimum absolute atomic E-state index is 0.123. The summed E-state index contributed by atoms with van der Waals surface area (Å²) in [7, 11) is -3.27. The molecule has 0 radical (unpaired) electrons. The van der Waals surface area contributed by atoms with Gasteiger partial charge in [0.25, 0.3) is 0 Å². The molecular weight excluding hydrogens is 232 g/mol. The zero-order valence-electron chi connectivity index (χ0n) is 9.41. The molecule has 0 aliphatic heterocycles. The lowest BCUT2D eigenvalue weighted by molar-refractivity contribution is 0.573. The largest absolute Gasteiger partial charge is 0.223 e. The molecule has 0 unspecified atom stereocenters. The monoisotopic (exact) mass is 246 g/mol.